The first-order valence-corrected chi connectivity index (χ1v) is 3.74. The number of nitrogens with one attached hydrogen (secondary N) is 1. The predicted molar refractivity (Wildman–Crippen MR) is 49.2 cm³/mol. The number of rotatable bonds is 3. The van der Waals surface area contributed by atoms with E-state index in [0.29, 0.717) is 12.1 Å². The lowest BCUT2D eigenvalue weighted by Crippen LogP contribution is -2.08. The predicted octanol–water partition coefficient (Wildman–Crippen LogP) is 1.30. The van der Waals surface area contributed by atoms with Crippen LogP contribution in [0.5, 0.6) is 0 Å². The molecule has 1 N–H and O–H groups in total. The lowest BCUT2D eigenvalue weighted by molar-refractivity contribution is -0.108. The van der Waals surface area contributed by atoms with E-state index in [0.717, 1.165) is 5.56 Å². The number of carbonyl (C=O) groups excluding carboxylic acids is 1. The maximum Gasteiger partial charge on any atom is 0.211 e. The number of nitriles is 1. The summed E-state index contributed by atoms with van der Waals surface area (Å²) in [6.07, 6.45) is 1.85. The Hall–Kier alpha value is -2.08. The van der Waals surface area contributed by atoms with Crippen LogP contribution in [0, 0.1) is 11.3 Å². The van der Waals surface area contributed by atoms with Crippen molar-refractivity contribution in [1.82, 2.24) is 5.32 Å². The summed E-state index contributed by atoms with van der Waals surface area (Å²) < 4.78 is 0. The van der Waals surface area contributed by atoms with E-state index in [9.17, 15) is 4.79 Å². The summed E-state index contributed by atoms with van der Waals surface area (Å²) in [4.78, 5) is 10.2. The van der Waals surface area contributed by atoms with E-state index < -0.39 is 0 Å². The number of allylic oxidation sites excluding steroid dienone is 1. The average Bonchev–Trinajstić information content (AvgIpc) is 2.19. The van der Waals surface area contributed by atoms with Crippen LogP contribution < -0.4 is 5.32 Å². The molecule has 0 saturated heterocycles. The van der Waals surface area contributed by atoms with Gasteiger partial charge in [0, 0.05) is 6.08 Å². The van der Waals surface area contributed by atoms with Gasteiger partial charge >= 0.3 is 0 Å². The van der Waals surface area contributed by atoms with Gasteiger partial charge < -0.3 is 5.32 Å². The van der Waals surface area contributed by atoms with Crippen molar-refractivity contribution in [2.75, 3.05) is 0 Å². The fourth-order valence-electron chi connectivity index (χ4n) is 0.954. The summed E-state index contributed by atoms with van der Waals surface area (Å²) in [7, 11) is 0. The molecule has 1 rings (SSSR count). The molecular formula is C10H8N2O. The van der Waals surface area contributed by atoms with Crippen LogP contribution in [0.2, 0.25) is 0 Å². The monoisotopic (exact) mass is 172 g/mol. The topological polar surface area (TPSA) is 52.9 Å². The second-order valence-electron chi connectivity index (χ2n) is 2.32. The van der Waals surface area contributed by atoms with Crippen molar-refractivity contribution < 1.29 is 4.79 Å². The first-order valence-electron chi connectivity index (χ1n) is 3.74. The summed E-state index contributed by atoms with van der Waals surface area (Å²) >= 11 is 0. The van der Waals surface area contributed by atoms with Crippen molar-refractivity contribution in [2.24, 2.45) is 0 Å². The first-order chi connectivity index (χ1) is 6.38. The van der Waals surface area contributed by atoms with E-state index in [2.05, 4.69) is 5.32 Å². The fraction of sp³-hybridized carbons (Fsp3) is 0. The van der Waals surface area contributed by atoms with Gasteiger partial charge in [-0.3, -0.25) is 4.79 Å². The molecule has 0 aliphatic rings. The number of amides is 1. The van der Waals surface area contributed by atoms with E-state index >= 15 is 0 Å². The highest BCUT2D eigenvalue weighted by Gasteiger charge is 1.97. The molecule has 0 aromatic heterocycles. The van der Waals surface area contributed by atoms with Crippen molar-refractivity contribution in [1.29, 1.82) is 5.26 Å². The molecule has 0 heterocycles. The SMILES string of the molecule is N#C/C=C(/NC=O)c1ccccc1. The Balaban J connectivity index is 2.97. The largest absolute Gasteiger partial charge is 0.328 e. The summed E-state index contributed by atoms with van der Waals surface area (Å²) in [5.74, 6) is 0. The van der Waals surface area contributed by atoms with Gasteiger partial charge in [-0.1, -0.05) is 30.3 Å². The summed E-state index contributed by atoms with van der Waals surface area (Å²) in [6.45, 7) is 0. The molecule has 1 amide bonds. The second-order valence-corrected chi connectivity index (χ2v) is 2.32. The zero-order valence-corrected chi connectivity index (χ0v) is 6.90. The molecule has 0 aliphatic heterocycles. The van der Waals surface area contributed by atoms with Gasteiger partial charge in [-0.15, -0.1) is 0 Å². The highest BCUT2D eigenvalue weighted by molar-refractivity contribution is 5.74. The molecule has 0 saturated carbocycles. The molecule has 1 aromatic rings. The molecule has 0 aliphatic carbocycles. The van der Waals surface area contributed by atoms with Gasteiger partial charge in [0.15, 0.2) is 0 Å². The maximum atomic E-state index is 10.2. The minimum absolute atomic E-state index is 0.512. The third-order valence-electron chi connectivity index (χ3n) is 1.51. The molecule has 0 atom stereocenters. The smallest absolute Gasteiger partial charge is 0.211 e. The number of nitrogens with zero attached hydrogens (tertiary/aromatic N) is 1. The first kappa shape index (κ1) is 9.01. The Morgan fingerprint density at radius 1 is 1.38 bits per heavy atom. The van der Waals surface area contributed by atoms with Crippen LogP contribution in [0.4, 0.5) is 0 Å². The van der Waals surface area contributed by atoms with Crippen molar-refractivity contribution >= 4 is 12.1 Å². The lowest BCUT2D eigenvalue weighted by atomic mass is 10.1. The minimum atomic E-state index is 0.512. The van der Waals surface area contributed by atoms with Crippen LogP contribution in [0.25, 0.3) is 5.70 Å². The van der Waals surface area contributed by atoms with Crippen LogP contribution in [-0.4, -0.2) is 6.41 Å². The van der Waals surface area contributed by atoms with Crippen molar-refractivity contribution in [3.8, 4) is 6.07 Å². The van der Waals surface area contributed by atoms with Gasteiger partial charge in [-0.2, -0.15) is 5.26 Å². The van der Waals surface area contributed by atoms with Gasteiger partial charge in [0.1, 0.15) is 0 Å². The van der Waals surface area contributed by atoms with E-state index in [4.69, 9.17) is 5.26 Å². The summed E-state index contributed by atoms with van der Waals surface area (Å²) in [5, 5.41) is 10.9. The van der Waals surface area contributed by atoms with Crippen LogP contribution in [0.3, 0.4) is 0 Å². The number of carbonyl (C=O) groups is 1. The second kappa shape index (κ2) is 4.73. The summed E-state index contributed by atoms with van der Waals surface area (Å²) in [5.41, 5.74) is 1.33. The maximum absolute atomic E-state index is 10.2. The van der Waals surface area contributed by atoms with Crippen LogP contribution in [0.1, 0.15) is 5.56 Å². The molecule has 0 unspecified atom stereocenters. The molecule has 3 heteroatoms. The van der Waals surface area contributed by atoms with E-state index in [1.54, 1.807) is 0 Å². The molecule has 0 bridgehead atoms. The summed E-state index contributed by atoms with van der Waals surface area (Å²) in [6, 6.07) is 11.1. The lowest BCUT2D eigenvalue weighted by Gasteiger charge is -2.02. The number of hydrogen-bond donors (Lipinski definition) is 1. The van der Waals surface area contributed by atoms with E-state index in [1.807, 2.05) is 36.4 Å². The van der Waals surface area contributed by atoms with Crippen LogP contribution in [-0.2, 0) is 4.79 Å². The zero-order chi connectivity index (χ0) is 9.52. The molecule has 0 spiro atoms. The average molecular weight is 172 g/mol. The van der Waals surface area contributed by atoms with Crippen molar-refractivity contribution in [2.45, 2.75) is 0 Å². The van der Waals surface area contributed by atoms with Crippen molar-refractivity contribution in [3.05, 3.63) is 42.0 Å². The van der Waals surface area contributed by atoms with Crippen LogP contribution in [0.15, 0.2) is 36.4 Å². The van der Waals surface area contributed by atoms with E-state index in [1.165, 1.54) is 6.08 Å². The van der Waals surface area contributed by atoms with Gasteiger partial charge in [-0.05, 0) is 5.56 Å². The van der Waals surface area contributed by atoms with Crippen LogP contribution >= 0.6 is 0 Å². The highest BCUT2D eigenvalue weighted by atomic mass is 16.1. The fourth-order valence-corrected chi connectivity index (χ4v) is 0.954. The molecule has 3 nitrogen and oxygen atoms in total. The number of hydrogen-bond acceptors (Lipinski definition) is 2. The number of benzene rings is 1. The Labute approximate surface area is 76.3 Å². The zero-order valence-electron chi connectivity index (χ0n) is 6.90. The standard InChI is InChI=1S/C10H8N2O/c11-7-6-10(12-8-13)9-4-2-1-3-5-9/h1-6,8H,(H,12,13)/b10-6+. The Morgan fingerprint density at radius 2 is 2.08 bits per heavy atom. The molecule has 0 radical (unpaired) electrons. The molecule has 13 heavy (non-hydrogen) atoms. The van der Waals surface area contributed by atoms with E-state index in [-0.39, 0.29) is 0 Å². The van der Waals surface area contributed by atoms with Gasteiger partial charge in [0.25, 0.3) is 0 Å². The molecular weight excluding hydrogens is 164 g/mol. The highest BCUT2D eigenvalue weighted by Crippen LogP contribution is 2.08. The van der Waals surface area contributed by atoms with Gasteiger partial charge in [0.2, 0.25) is 6.41 Å². The Bertz CT molecular complexity index is 349. The minimum Gasteiger partial charge on any atom is -0.328 e. The van der Waals surface area contributed by atoms with Gasteiger partial charge in [-0.25, -0.2) is 0 Å². The van der Waals surface area contributed by atoms with Crippen molar-refractivity contribution in [3.63, 3.8) is 0 Å². The normalized spacial score (nSPS) is 10.2. The Morgan fingerprint density at radius 3 is 2.62 bits per heavy atom. The third kappa shape index (κ3) is 2.46. The molecule has 0 fully saturated rings. The molecule has 1 aromatic carbocycles. The third-order valence-corrected chi connectivity index (χ3v) is 1.51. The van der Waals surface area contributed by atoms with Gasteiger partial charge in [0.05, 0.1) is 11.8 Å². The molecule has 64 valence electrons. The quantitative estimate of drug-likeness (QED) is 0.551. The Kier molecular flexibility index (Phi) is 3.28.